The largest absolute Gasteiger partial charge is 0.478 e. The van der Waals surface area contributed by atoms with Gasteiger partial charge in [-0.1, -0.05) is 0 Å². The smallest absolute Gasteiger partial charge is 0.336 e. The SMILES string of the molecule is Cc1c(N2CCOC(C)(C)C2)cc(C(=O)O)cc1[N+](=O)[O-]. The number of nitro benzene ring substituents is 1. The van der Waals surface area contributed by atoms with Gasteiger partial charge < -0.3 is 14.7 Å². The Labute approximate surface area is 122 Å². The number of carboxylic acid groups (broad SMARTS) is 1. The second-order valence-electron chi connectivity index (χ2n) is 5.73. The number of rotatable bonds is 3. The minimum absolute atomic E-state index is 0.0772. The molecule has 1 fully saturated rings. The fourth-order valence-electron chi connectivity index (χ4n) is 2.55. The quantitative estimate of drug-likeness (QED) is 0.678. The second kappa shape index (κ2) is 5.33. The van der Waals surface area contributed by atoms with Crippen LogP contribution in [0.1, 0.15) is 29.8 Å². The van der Waals surface area contributed by atoms with Crippen LogP contribution in [0.3, 0.4) is 0 Å². The van der Waals surface area contributed by atoms with Crippen LogP contribution in [-0.2, 0) is 4.74 Å². The topological polar surface area (TPSA) is 92.9 Å². The van der Waals surface area contributed by atoms with E-state index in [-0.39, 0.29) is 16.9 Å². The van der Waals surface area contributed by atoms with Crippen LogP contribution in [0.15, 0.2) is 12.1 Å². The van der Waals surface area contributed by atoms with Gasteiger partial charge in [0.25, 0.3) is 5.69 Å². The van der Waals surface area contributed by atoms with E-state index in [2.05, 4.69) is 0 Å². The molecule has 1 aromatic rings. The number of nitro groups is 1. The molecule has 0 saturated carbocycles. The maximum absolute atomic E-state index is 11.2. The Morgan fingerprint density at radius 1 is 1.48 bits per heavy atom. The van der Waals surface area contributed by atoms with Crippen LogP contribution < -0.4 is 4.90 Å². The van der Waals surface area contributed by atoms with Crippen LogP contribution >= 0.6 is 0 Å². The third-order valence-corrected chi connectivity index (χ3v) is 3.56. The molecule has 1 N–H and O–H groups in total. The van der Waals surface area contributed by atoms with Gasteiger partial charge in [0, 0.05) is 24.8 Å². The van der Waals surface area contributed by atoms with Crippen LogP contribution in [0.25, 0.3) is 0 Å². The normalized spacial score (nSPS) is 17.6. The van der Waals surface area contributed by atoms with E-state index in [1.54, 1.807) is 6.92 Å². The molecule has 1 aliphatic heterocycles. The summed E-state index contributed by atoms with van der Waals surface area (Å²) in [5.74, 6) is -1.17. The van der Waals surface area contributed by atoms with E-state index in [0.29, 0.717) is 30.9 Å². The van der Waals surface area contributed by atoms with Gasteiger partial charge in [-0.05, 0) is 26.8 Å². The van der Waals surface area contributed by atoms with Gasteiger partial charge in [0.2, 0.25) is 0 Å². The third kappa shape index (κ3) is 3.13. The first-order chi connectivity index (χ1) is 9.71. The Kier molecular flexibility index (Phi) is 3.87. The van der Waals surface area contributed by atoms with Crippen LogP contribution in [0.5, 0.6) is 0 Å². The molecule has 0 spiro atoms. The summed E-state index contributed by atoms with van der Waals surface area (Å²) in [6.07, 6.45) is 0. The third-order valence-electron chi connectivity index (χ3n) is 3.56. The van der Waals surface area contributed by atoms with Crippen molar-refractivity contribution in [1.82, 2.24) is 0 Å². The highest BCUT2D eigenvalue weighted by molar-refractivity contribution is 5.90. The molecule has 0 aliphatic carbocycles. The van der Waals surface area contributed by atoms with Crippen molar-refractivity contribution < 1.29 is 19.6 Å². The van der Waals surface area contributed by atoms with Crippen molar-refractivity contribution in [3.8, 4) is 0 Å². The van der Waals surface area contributed by atoms with Crippen LogP contribution in [0.2, 0.25) is 0 Å². The Bertz CT molecular complexity index is 597. The standard InChI is InChI=1S/C14H18N2O5/c1-9-11(15-4-5-21-14(2,3)8-15)6-10(13(17)18)7-12(9)16(19)20/h6-7H,4-5,8H2,1-3H3,(H,17,18). The molecule has 2 rings (SSSR count). The zero-order chi connectivity index (χ0) is 15.8. The highest BCUT2D eigenvalue weighted by atomic mass is 16.6. The van der Waals surface area contributed by atoms with Crippen molar-refractivity contribution in [2.24, 2.45) is 0 Å². The summed E-state index contributed by atoms with van der Waals surface area (Å²) in [6.45, 7) is 7.13. The number of morpholine rings is 1. The van der Waals surface area contributed by atoms with Crippen LogP contribution in [-0.4, -0.2) is 41.3 Å². The number of anilines is 1. The average molecular weight is 294 g/mol. The van der Waals surface area contributed by atoms with Crippen molar-refractivity contribution in [1.29, 1.82) is 0 Å². The van der Waals surface area contributed by atoms with Crippen molar-refractivity contribution in [2.45, 2.75) is 26.4 Å². The summed E-state index contributed by atoms with van der Waals surface area (Å²) < 4.78 is 5.62. The minimum atomic E-state index is -1.17. The molecule has 0 aromatic heterocycles. The van der Waals surface area contributed by atoms with Gasteiger partial charge in [-0.3, -0.25) is 10.1 Å². The van der Waals surface area contributed by atoms with Crippen LogP contribution in [0, 0.1) is 17.0 Å². The van der Waals surface area contributed by atoms with E-state index in [1.807, 2.05) is 18.7 Å². The molecular weight excluding hydrogens is 276 g/mol. The Morgan fingerprint density at radius 2 is 2.14 bits per heavy atom. The fraction of sp³-hybridized carbons (Fsp3) is 0.500. The molecule has 1 aromatic carbocycles. The minimum Gasteiger partial charge on any atom is -0.478 e. The Balaban J connectivity index is 2.51. The molecule has 1 saturated heterocycles. The zero-order valence-corrected chi connectivity index (χ0v) is 12.3. The van der Waals surface area contributed by atoms with E-state index in [0.717, 1.165) is 6.07 Å². The summed E-state index contributed by atoms with van der Waals surface area (Å²) in [4.78, 5) is 23.7. The van der Waals surface area contributed by atoms with E-state index < -0.39 is 10.9 Å². The predicted molar refractivity (Wildman–Crippen MR) is 77.0 cm³/mol. The molecule has 0 amide bonds. The first-order valence-corrected chi connectivity index (χ1v) is 6.62. The van der Waals surface area contributed by atoms with Gasteiger partial charge >= 0.3 is 5.97 Å². The molecule has 0 atom stereocenters. The van der Waals surface area contributed by atoms with Gasteiger partial charge in [0.05, 0.1) is 28.3 Å². The van der Waals surface area contributed by atoms with E-state index in [1.165, 1.54) is 6.07 Å². The van der Waals surface area contributed by atoms with Crippen molar-refractivity contribution in [3.05, 3.63) is 33.4 Å². The molecule has 1 heterocycles. The molecular formula is C14H18N2O5. The van der Waals surface area contributed by atoms with E-state index in [4.69, 9.17) is 9.84 Å². The van der Waals surface area contributed by atoms with Gasteiger partial charge in [0.1, 0.15) is 0 Å². The summed E-state index contributed by atoms with van der Waals surface area (Å²) in [5.41, 5.74) is 0.431. The van der Waals surface area contributed by atoms with Gasteiger partial charge in [0.15, 0.2) is 0 Å². The molecule has 7 nitrogen and oxygen atoms in total. The summed E-state index contributed by atoms with van der Waals surface area (Å²) in [6, 6.07) is 2.60. The van der Waals surface area contributed by atoms with E-state index in [9.17, 15) is 14.9 Å². The lowest BCUT2D eigenvalue weighted by Gasteiger charge is -2.40. The average Bonchev–Trinajstić information content (AvgIpc) is 2.37. The predicted octanol–water partition coefficient (Wildman–Crippen LogP) is 2.22. The Hall–Kier alpha value is -2.15. The second-order valence-corrected chi connectivity index (χ2v) is 5.73. The van der Waals surface area contributed by atoms with Crippen molar-refractivity contribution >= 4 is 17.3 Å². The number of aromatic carboxylic acids is 1. The molecule has 114 valence electrons. The van der Waals surface area contributed by atoms with Gasteiger partial charge in [-0.2, -0.15) is 0 Å². The van der Waals surface area contributed by atoms with Crippen molar-refractivity contribution in [3.63, 3.8) is 0 Å². The van der Waals surface area contributed by atoms with Crippen LogP contribution in [0.4, 0.5) is 11.4 Å². The summed E-state index contributed by atoms with van der Waals surface area (Å²) >= 11 is 0. The maximum atomic E-state index is 11.2. The monoisotopic (exact) mass is 294 g/mol. The molecule has 0 unspecified atom stereocenters. The number of benzene rings is 1. The number of hydrogen-bond donors (Lipinski definition) is 1. The lowest BCUT2D eigenvalue weighted by molar-refractivity contribution is -0.385. The maximum Gasteiger partial charge on any atom is 0.336 e. The molecule has 7 heteroatoms. The van der Waals surface area contributed by atoms with Gasteiger partial charge in [-0.15, -0.1) is 0 Å². The zero-order valence-electron chi connectivity index (χ0n) is 12.3. The number of carbonyl (C=O) groups is 1. The van der Waals surface area contributed by atoms with Crippen molar-refractivity contribution in [2.75, 3.05) is 24.6 Å². The number of hydrogen-bond acceptors (Lipinski definition) is 5. The molecule has 21 heavy (non-hydrogen) atoms. The van der Waals surface area contributed by atoms with Gasteiger partial charge in [-0.25, -0.2) is 4.79 Å². The molecule has 1 aliphatic rings. The first kappa shape index (κ1) is 15.2. The highest BCUT2D eigenvalue weighted by Crippen LogP contribution is 2.33. The number of carboxylic acids is 1. The summed E-state index contributed by atoms with van der Waals surface area (Å²) in [5, 5.41) is 20.3. The summed E-state index contributed by atoms with van der Waals surface area (Å²) in [7, 11) is 0. The molecule has 0 radical (unpaired) electrons. The highest BCUT2D eigenvalue weighted by Gasteiger charge is 2.30. The van der Waals surface area contributed by atoms with E-state index >= 15 is 0 Å². The lowest BCUT2D eigenvalue weighted by atomic mass is 10.0. The molecule has 0 bridgehead atoms. The lowest BCUT2D eigenvalue weighted by Crippen LogP contribution is -2.48. The fourth-order valence-corrected chi connectivity index (χ4v) is 2.55. The Morgan fingerprint density at radius 3 is 2.67 bits per heavy atom. The number of nitrogens with zero attached hydrogens (tertiary/aromatic N) is 2. The number of ether oxygens (including phenoxy) is 1. The first-order valence-electron chi connectivity index (χ1n) is 6.62.